The van der Waals surface area contributed by atoms with Crippen LogP contribution in [0.15, 0.2) is 47.8 Å². The number of hydrogen-bond donors (Lipinski definition) is 1. The Bertz CT molecular complexity index is 900. The monoisotopic (exact) mass is 354 g/mol. The molecule has 0 spiro atoms. The number of thioether (sulfide) groups is 1. The van der Waals surface area contributed by atoms with Crippen LogP contribution in [0.25, 0.3) is 10.9 Å². The molecule has 0 radical (unpaired) electrons. The first-order valence-corrected chi connectivity index (χ1v) is 9.05. The molecule has 0 amide bonds. The van der Waals surface area contributed by atoms with Crippen LogP contribution in [0.3, 0.4) is 0 Å². The van der Waals surface area contributed by atoms with E-state index in [1.165, 1.54) is 11.8 Å². The molecule has 1 N–H and O–H groups in total. The smallest absolute Gasteiger partial charge is 0.344 e. The van der Waals surface area contributed by atoms with Crippen molar-refractivity contribution in [2.24, 2.45) is 0 Å². The quantitative estimate of drug-likeness (QED) is 0.424. The van der Waals surface area contributed by atoms with E-state index in [1.807, 2.05) is 26.2 Å². The summed E-state index contributed by atoms with van der Waals surface area (Å²) in [6.07, 6.45) is 3.63. The first kappa shape index (κ1) is 17.2. The van der Waals surface area contributed by atoms with Gasteiger partial charge in [-0.05, 0) is 32.2 Å². The fraction of sp³-hybridized carbons (Fsp3) is 0.222. The number of hydrogen-bond acceptors (Lipinski definition) is 7. The maximum Gasteiger partial charge on any atom is 0.344 e. The second-order valence-electron chi connectivity index (χ2n) is 5.66. The second-order valence-corrected chi connectivity index (χ2v) is 6.43. The summed E-state index contributed by atoms with van der Waals surface area (Å²) >= 11 is 1.46. The standard InChI is InChI=1S/C18H18N4O2S/c1-11(2)20-16-15-13(10-19-18(22-15)25-3)9-14(21-16)24-17(23)12-7-5-4-6-8-12/h4-11H,1-3H3,(H,20,21). The predicted octanol–water partition coefficient (Wildman–Crippen LogP) is 3.79. The minimum atomic E-state index is -0.454. The summed E-state index contributed by atoms with van der Waals surface area (Å²) in [7, 11) is 0. The lowest BCUT2D eigenvalue weighted by atomic mass is 10.2. The lowest BCUT2D eigenvalue weighted by Gasteiger charge is -2.13. The molecule has 0 aliphatic heterocycles. The Kier molecular flexibility index (Phi) is 5.14. The van der Waals surface area contributed by atoms with Crippen LogP contribution >= 0.6 is 11.8 Å². The fourth-order valence-electron chi connectivity index (χ4n) is 2.25. The van der Waals surface area contributed by atoms with Gasteiger partial charge >= 0.3 is 5.97 Å². The largest absolute Gasteiger partial charge is 0.404 e. The third-order valence-electron chi connectivity index (χ3n) is 3.33. The minimum absolute atomic E-state index is 0.156. The van der Waals surface area contributed by atoms with Crippen molar-refractivity contribution in [1.29, 1.82) is 0 Å². The molecule has 0 unspecified atom stereocenters. The summed E-state index contributed by atoms with van der Waals surface area (Å²) in [4.78, 5) is 25.5. The van der Waals surface area contributed by atoms with Gasteiger partial charge in [-0.15, -0.1) is 0 Å². The molecule has 0 aliphatic rings. The van der Waals surface area contributed by atoms with Gasteiger partial charge in [0.15, 0.2) is 11.0 Å². The number of aromatic nitrogens is 3. The average molecular weight is 354 g/mol. The molecule has 1 aromatic carbocycles. The molecule has 3 rings (SSSR count). The Morgan fingerprint density at radius 2 is 1.96 bits per heavy atom. The van der Waals surface area contributed by atoms with Gasteiger partial charge in [-0.3, -0.25) is 0 Å². The van der Waals surface area contributed by atoms with Crippen LogP contribution in [0.2, 0.25) is 0 Å². The molecule has 6 nitrogen and oxygen atoms in total. The van der Waals surface area contributed by atoms with E-state index in [0.717, 1.165) is 5.39 Å². The van der Waals surface area contributed by atoms with Crippen molar-refractivity contribution in [3.05, 3.63) is 48.2 Å². The summed E-state index contributed by atoms with van der Waals surface area (Å²) in [5, 5.41) is 4.67. The summed E-state index contributed by atoms with van der Waals surface area (Å²) < 4.78 is 5.44. The van der Waals surface area contributed by atoms with Crippen LogP contribution in [0.1, 0.15) is 24.2 Å². The van der Waals surface area contributed by atoms with Crippen molar-refractivity contribution in [2.75, 3.05) is 11.6 Å². The number of nitrogens with zero attached hydrogens (tertiary/aromatic N) is 3. The number of pyridine rings is 1. The van der Waals surface area contributed by atoms with Crippen LogP contribution in [-0.2, 0) is 0 Å². The van der Waals surface area contributed by atoms with Gasteiger partial charge in [0.25, 0.3) is 0 Å². The number of carbonyl (C=O) groups excluding carboxylic acids is 1. The lowest BCUT2D eigenvalue weighted by Crippen LogP contribution is -2.14. The van der Waals surface area contributed by atoms with Gasteiger partial charge in [-0.25, -0.2) is 14.8 Å². The molecule has 0 saturated heterocycles. The van der Waals surface area contributed by atoms with E-state index in [0.29, 0.717) is 22.1 Å². The number of rotatable bonds is 5. The molecule has 128 valence electrons. The van der Waals surface area contributed by atoms with Crippen molar-refractivity contribution in [3.8, 4) is 5.88 Å². The van der Waals surface area contributed by atoms with Gasteiger partial charge in [0.1, 0.15) is 5.52 Å². The van der Waals surface area contributed by atoms with Gasteiger partial charge in [-0.1, -0.05) is 30.0 Å². The zero-order chi connectivity index (χ0) is 17.8. The molecule has 3 aromatic rings. The highest BCUT2D eigenvalue weighted by Crippen LogP contribution is 2.26. The third kappa shape index (κ3) is 4.06. The van der Waals surface area contributed by atoms with E-state index >= 15 is 0 Å². The average Bonchev–Trinajstić information content (AvgIpc) is 2.61. The van der Waals surface area contributed by atoms with E-state index < -0.39 is 5.97 Å². The van der Waals surface area contributed by atoms with Gasteiger partial charge in [0, 0.05) is 23.7 Å². The van der Waals surface area contributed by atoms with E-state index in [9.17, 15) is 4.79 Å². The molecule has 0 saturated carbocycles. The summed E-state index contributed by atoms with van der Waals surface area (Å²) in [6, 6.07) is 10.6. The molecule has 2 heterocycles. The van der Waals surface area contributed by atoms with Crippen molar-refractivity contribution in [3.63, 3.8) is 0 Å². The number of carbonyl (C=O) groups is 1. The van der Waals surface area contributed by atoms with Crippen LogP contribution < -0.4 is 10.1 Å². The van der Waals surface area contributed by atoms with E-state index in [-0.39, 0.29) is 11.9 Å². The highest BCUT2D eigenvalue weighted by atomic mass is 32.2. The Morgan fingerprint density at radius 3 is 2.64 bits per heavy atom. The Labute approximate surface area is 150 Å². The van der Waals surface area contributed by atoms with Crippen LogP contribution in [0.5, 0.6) is 5.88 Å². The van der Waals surface area contributed by atoms with Crippen LogP contribution in [0.4, 0.5) is 5.82 Å². The molecule has 0 fully saturated rings. The predicted molar refractivity (Wildman–Crippen MR) is 99.3 cm³/mol. The van der Waals surface area contributed by atoms with Crippen molar-refractivity contribution < 1.29 is 9.53 Å². The number of nitrogens with one attached hydrogen (secondary N) is 1. The van der Waals surface area contributed by atoms with E-state index in [4.69, 9.17) is 4.74 Å². The second kappa shape index (κ2) is 7.48. The molecule has 7 heteroatoms. The van der Waals surface area contributed by atoms with Gasteiger partial charge in [0.05, 0.1) is 5.56 Å². The molecule has 0 aliphatic carbocycles. The van der Waals surface area contributed by atoms with Gasteiger partial charge in [-0.2, -0.15) is 4.98 Å². The maximum absolute atomic E-state index is 12.3. The molecular formula is C18H18N4O2S. The first-order chi connectivity index (χ1) is 12.1. The highest BCUT2D eigenvalue weighted by molar-refractivity contribution is 7.98. The van der Waals surface area contributed by atoms with Gasteiger partial charge in [0.2, 0.25) is 5.88 Å². The van der Waals surface area contributed by atoms with Gasteiger partial charge < -0.3 is 10.1 Å². The number of ether oxygens (including phenoxy) is 1. The summed E-state index contributed by atoms with van der Waals surface area (Å²) in [5.41, 5.74) is 1.17. The van der Waals surface area contributed by atoms with Crippen LogP contribution in [-0.4, -0.2) is 33.2 Å². The number of anilines is 1. The fourth-order valence-corrected chi connectivity index (χ4v) is 2.59. The number of esters is 1. The van der Waals surface area contributed by atoms with Crippen molar-refractivity contribution >= 4 is 34.5 Å². The first-order valence-electron chi connectivity index (χ1n) is 7.82. The third-order valence-corrected chi connectivity index (χ3v) is 3.90. The Morgan fingerprint density at radius 1 is 1.20 bits per heavy atom. The maximum atomic E-state index is 12.3. The SMILES string of the molecule is CSc1ncc2cc(OC(=O)c3ccccc3)nc(NC(C)C)c2n1. The highest BCUT2D eigenvalue weighted by Gasteiger charge is 2.14. The summed E-state index contributed by atoms with van der Waals surface area (Å²) in [6.45, 7) is 4.01. The molecule has 2 aromatic heterocycles. The lowest BCUT2D eigenvalue weighted by molar-refractivity contribution is 0.0728. The van der Waals surface area contributed by atoms with E-state index in [2.05, 4.69) is 20.3 Å². The molecule has 25 heavy (non-hydrogen) atoms. The molecule has 0 atom stereocenters. The van der Waals surface area contributed by atoms with Crippen LogP contribution in [0, 0.1) is 0 Å². The Hall–Kier alpha value is -2.67. The number of fused-ring (bicyclic) bond motifs is 1. The minimum Gasteiger partial charge on any atom is -0.404 e. The zero-order valence-electron chi connectivity index (χ0n) is 14.2. The van der Waals surface area contributed by atoms with Crippen molar-refractivity contribution in [1.82, 2.24) is 15.0 Å². The molecule has 0 bridgehead atoms. The topological polar surface area (TPSA) is 77.0 Å². The number of benzene rings is 1. The van der Waals surface area contributed by atoms with E-state index in [1.54, 1.807) is 36.5 Å². The zero-order valence-corrected chi connectivity index (χ0v) is 15.0. The molecular weight excluding hydrogens is 336 g/mol. The Balaban J connectivity index is 1.99. The normalized spacial score (nSPS) is 10.9. The van der Waals surface area contributed by atoms with Crippen molar-refractivity contribution in [2.45, 2.75) is 25.0 Å². The summed E-state index contributed by atoms with van der Waals surface area (Å²) in [5.74, 6) is 0.329.